The van der Waals surface area contributed by atoms with Crippen LogP contribution in [-0.2, 0) is 0 Å². The maximum atomic E-state index is 3.47. The van der Waals surface area contributed by atoms with Crippen molar-refractivity contribution >= 4 is 0 Å². The lowest BCUT2D eigenvalue weighted by Crippen LogP contribution is -2.39. The van der Waals surface area contributed by atoms with Gasteiger partial charge in [0.1, 0.15) is 0 Å². The summed E-state index contributed by atoms with van der Waals surface area (Å²) in [5.74, 6) is 0. The third kappa shape index (κ3) is 4.99. The molecule has 14 heavy (non-hydrogen) atoms. The van der Waals surface area contributed by atoms with E-state index < -0.39 is 0 Å². The molecule has 1 N–H and O–H groups in total. The highest BCUT2D eigenvalue weighted by atomic mass is 14.9. The Balaban J connectivity index is 3.79. The lowest BCUT2D eigenvalue weighted by Gasteiger charge is -2.33. The Morgan fingerprint density at radius 3 is 2.14 bits per heavy atom. The van der Waals surface area contributed by atoms with Crippen LogP contribution in [0.1, 0.15) is 66.2 Å². The highest BCUT2D eigenvalue weighted by Gasteiger charge is 2.25. The Labute approximate surface area is 90.7 Å². The lowest BCUT2D eigenvalue weighted by molar-refractivity contribution is 0.226. The van der Waals surface area contributed by atoms with Gasteiger partial charge >= 0.3 is 0 Å². The molecule has 0 aliphatic heterocycles. The van der Waals surface area contributed by atoms with Gasteiger partial charge in [0.25, 0.3) is 0 Å². The first-order chi connectivity index (χ1) is 6.58. The average Bonchev–Trinajstić information content (AvgIpc) is 2.17. The standard InChI is InChI=1S/C13H29N/c1-6-8-9-10-11-12(14-5)13(3,4)7-2/h12,14H,6-11H2,1-5H3. The van der Waals surface area contributed by atoms with Gasteiger partial charge in [0, 0.05) is 6.04 Å². The Morgan fingerprint density at radius 1 is 1.07 bits per heavy atom. The minimum absolute atomic E-state index is 0.445. The summed E-state index contributed by atoms with van der Waals surface area (Å²) in [6, 6.07) is 0.685. The van der Waals surface area contributed by atoms with Gasteiger partial charge in [-0.15, -0.1) is 0 Å². The number of unbranched alkanes of at least 4 members (excludes halogenated alkanes) is 3. The van der Waals surface area contributed by atoms with Crippen LogP contribution in [0.15, 0.2) is 0 Å². The first-order valence-electron chi connectivity index (χ1n) is 6.25. The van der Waals surface area contributed by atoms with E-state index in [0.717, 1.165) is 0 Å². The number of hydrogen-bond acceptors (Lipinski definition) is 1. The molecule has 0 spiro atoms. The lowest BCUT2D eigenvalue weighted by atomic mass is 9.79. The van der Waals surface area contributed by atoms with Crippen LogP contribution in [0.25, 0.3) is 0 Å². The molecule has 0 aliphatic carbocycles. The van der Waals surface area contributed by atoms with E-state index in [1.807, 2.05) is 0 Å². The molecule has 0 rings (SSSR count). The number of rotatable bonds is 8. The van der Waals surface area contributed by atoms with Gasteiger partial charge in [0.15, 0.2) is 0 Å². The van der Waals surface area contributed by atoms with Crippen LogP contribution in [0.2, 0.25) is 0 Å². The molecule has 0 saturated carbocycles. The Kier molecular flexibility index (Phi) is 7.26. The van der Waals surface area contributed by atoms with Gasteiger partial charge in [0.2, 0.25) is 0 Å². The minimum atomic E-state index is 0.445. The molecule has 0 aliphatic rings. The van der Waals surface area contributed by atoms with E-state index in [-0.39, 0.29) is 0 Å². The third-order valence-corrected chi connectivity index (χ3v) is 3.55. The third-order valence-electron chi connectivity index (χ3n) is 3.55. The highest BCUT2D eigenvalue weighted by molar-refractivity contribution is 4.81. The second-order valence-electron chi connectivity index (χ2n) is 5.03. The van der Waals surface area contributed by atoms with Gasteiger partial charge in [-0.2, -0.15) is 0 Å². The Bertz CT molecular complexity index is 129. The molecule has 0 bridgehead atoms. The molecule has 0 aromatic heterocycles. The van der Waals surface area contributed by atoms with E-state index in [1.54, 1.807) is 0 Å². The largest absolute Gasteiger partial charge is 0.316 e. The van der Waals surface area contributed by atoms with Gasteiger partial charge in [-0.05, 0) is 25.3 Å². The van der Waals surface area contributed by atoms with E-state index in [0.29, 0.717) is 11.5 Å². The molecule has 0 fully saturated rings. The van der Waals surface area contributed by atoms with Gasteiger partial charge < -0.3 is 5.32 Å². The second kappa shape index (κ2) is 7.28. The molecule has 0 saturated heterocycles. The Morgan fingerprint density at radius 2 is 1.71 bits per heavy atom. The average molecular weight is 199 g/mol. The van der Waals surface area contributed by atoms with Crippen molar-refractivity contribution in [1.82, 2.24) is 5.32 Å². The molecule has 0 aromatic rings. The molecular formula is C13H29N. The fourth-order valence-electron chi connectivity index (χ4n) is 1.95. The summed E-state index contributed by atoms with van der Waals surface area (Å²) < 4.78 is 0. The van der Waals surface area contributed by atoms with Crippen LogP contribution < -0.4 is 5.32 Å². The molecule has 0 amide bonds. The van der Waals surface area contributed by atoms with Crippen molar-refractivity contribution in [3.8, 4) is 0 Å². The molecule has 1 atom stereocenters. The summed E-state index contributed by atoms with van der Waals surface area (Å²) in [4.78, 5) is 0. The maximum absolute atomic E-state index is 3.47. The first-order valence-corrected chi connectivity index (χ1v) is 6.25. The van der Waals surface area contributed by atoms with Crippen molar-refractivity contribution < 1.29 is 0 Å². The van der Waals surface area contributed by atoms with Gasteiger partial charge in [-0.25, -0.2) is 0 Å². The molecule has 1 heteroatoms. The van der Waals surface area contributed by atoms with Crippen LogP contribution >= 0.6 is 0 Å². The van der Waals surface area contributed by atoms with Crippen molar-refractivity contribution in [3.05, 3.63) is 0 Å². The quantitative estimate of drug-likeness (QED) is 0.583. The van der Waals surface area contributed by atoms with Gasteiger partial charge in [-0.1, -0.05) is 53.4 Å². The van der Waals surface area contributed by atoms with E-state index in [4.69, 9.17) is 0 Å². The summed E-state index contributed by atoms with van der Waals surface area (Å²) in [5.41, 5.74) is 0.445. The van der Waals surface area contributed by atoms with Crippen LogP contribution in [0.5, 0.6) is 0 Å². The van der Waals surface area contributed by atoms with Crippen LogP contribution in [0.4, 0.5) is 0 Å². The normalized spacial score (nSPS) is 14.4. The van der Waals surface area contributed by atoms with E-state index in [2.05, 4.69) is 40.1 Å². The number of nitrogens with one attached hydrogen (secondary N) is 1. The second-order valence-corrected chi connectivity index (χ2v) is 5.03. The van der Waals surface area contributed by atoms with Crippen molar-refractivity contribution in [2.45, 2.75) is 72.3 Å². The fraction of sp³-hybridized carbons (Fsp3) is 1.00. The molecule has 0 aromatic carbocycles. The van der Waals surface area contributed by atoms with Crippen molar-refractivity contribution in [2.24, 2.45) is 5.41 Å². The molecular weight excluding hydrogens is 170 g/mol. The van der Waals surface area contributed by atoms with Gasteiger partial charge in [-0.3, -0.25) is 0 Å². The SMILES string of the molecule is CCCCCCC(NC)C(C)(C)CC. The Hall–Kier alpha value is -0.0400. The summed E-state index contributed by atoms with van der Waals surface area (Å²) in [7, 11) is 2.10. The molecule has 86 valence electrons. The highest BCUT2D eigenvalue weighted by Crippen LogP contribution is 2.27. The smallest absolute Gasteiger partial charge is 0.0115 e. The van der Waals surface area contributed by atoms with Crippen molar-refractivity contribution in [3.63, 3.8) is 0 Å². The molecule has 0 radical (unpaired) electrons. The summed E-state index contributed by atoms with van der Waals surface area (Å²) in [5, 5.41) is 3.47. The fourth-order valence-corrected chi connectivity index (χ4v) is 1.95. The summed E-state index contributed by atoms with van der Waals surface area (Å²) in [6.07, 6.45) is 8.09. The predicted molar refractivity (Wildman–Crippen MR) is 65.7 cm³/mol. The molecule has 1 unspecified atom stereocenters. The van der Waals surface area contributed by atoms with Crippen LogP contribution in [-0.4, -0.2) is 13.1 Å². The van der Waals surface area contributed by atoms with Crippen molar-refractivity contribution in [2.75, 3.05) is 7.05 Å². The molecule has 1 nitrogen and oxygen atoms in total. The zero-order valence-electron chi connectivity index (χ0n) is 10.8. The minimum Gasteiger partial charge on any atom is -0.316 e. The van der Waals surface area contributed by atoms with E-state index in [1.165, 1.54) is 38.5 Å². The van der Waals surface area contributed by atoms with Crippen LogP contribution in [0.3, 0.4) is 0 Å². The van der Waals surface area contributed by atoms with E-state index in [9.17, 15) is 0 Å². The zero-order valence-corrected chi connectivity index (χ0v) is 10.8. The maximum Gasteiger partial charge on any atom is 0.0115 e. The van der Waals surface area contributed by atoms with E-state index >= 15 is 0 Å². The van der Waals surface area contributed by atoms with Gasteiger partial charge in [0.05, 0.1) is 0 Å². The topological polar surface area (TPSA) is 12.0 Å². The first kappa shape index (κ1) is 14.0. The number of hydrogen-bond donors (Lipinski definition) is 1. The monoisotopic (exact) mass is 199 g/mol. The van der Waals surface area contributed by atoms with Crippen molar-refractivity contribution in [1.29, 1.82) is 0 Å². The predicted octanol–water partition coefficient (Wildman–Crippen LogP) is 3.98. The summed E-state index contributed by atoms with van der Waals surface area (Å²) in [6.45, 7) is 9.30. The summed E-state index contributed by atoms with van der Waals surface area (Å²) >= 11 is 0. The zero-order chi connectivity index (χ0) is 11.0. The molecule has 0 heterocycles. The van der Waals surface area contributed by atoms with Crippen LogP contribution in [0, 0.1) is 5.41 Å².